The van der Waals surface area contributed by atoms with E-state index in [1.807, 2.05) is 64.4 Å². The zero-order chi connectivity index (χ0) is 29.3. The Kier molecular flexibility index (Phi) is 16.6. The molecule has 1 aliphatic rings. The summed E-state index contributed by atoms with van der Waals surface area (Å²) >= 11 is 1.72. The van der Waals surface area contributed by atoms with E-state index in [9.17, 15) is 5.11 Å². The minimum Gasteiger partial charge on any atom is -0.512 e. The summed E-state index contributed by atoms with van der Waals surface area (Å²) in [5.74, 6) is 1.80. The van der Waals surface area contributed by atoms with Crippen LogP contribution in [0.15, 0.2) is 79.9 Å². The zero-order valence-electron chi connectivity index (χ0n) is 25.7. The Hall–Kier alpha value is -2.51. The molecule has 1 rings (SSSR count). The monoisotopic (exact) mass is 557 g/mol. The van der Waals surface area contributed by atoms with Crippen LogP contribution in [0.1, 0.15) is 68.2 Å². The summed E-state index contributed by atoms with van der Waals surface area (Å²) in [5, 5.41) is 10.3. The topological polar surface area (TPSA) is 66.7 Å². The summed E-state index contributed by atoms with van der Waals surface area (Å²) in [7, 11) is 1.68. The first-order chi connectivity index (χ1) is 18.6. The molecule has 0 aromatic heterocycles. The van der Waals surface area contributed by atoms with Gasteiger partial charge in [0, 0.05) is 47.0 Å². The minimum atomic E-state index is -0.275. The maximum Gasteiger partial charge on any atom is 0.163 e. The van der Waals surface area contributed by atoms with Crippen LogP contribution in [0.2, 0.25) is 0 Å². The predicted molar refractivity (Wildman–Crippen MR) is 171 cm³/mol. The van der Waals surface area contributed by atoms with Crippen molar-refractivity contribution in [3.05, 3.63) is 69.9 Å². The van der Waals surface area contributed by atoms with Gasteiger partial charge in [0.1, 0.15) is 6.61 Å². The van der Waals surface area contributed by atoms with Crippen molar-refractivity contribution in [3.63, 3.8) is 0 Å². The first-order valence-corrected chi connectivity index (χ1v) is 14.9. The molecule has 7 heteroatoms. The van der Waals surface area contributed by atoms with Gasteiger partial charge < -0.3 is 19.5 Å². The van der Waals surface area contributed by atoms with Crippen LogP contribution in [0.25, 0.3) is 0 Å². The maximum atomic E-state index is 10.2. The third-order valence-corrected chi connectivity index (χ3v) is 7.40. The van der Waals surface area contributed by atoms with Crippen molar-refractivity contribution in [2.24, 2.45) is 15.4 Å². The van der Waals surface area contributed by atoms with Gasteiger partial charge in [0.05, 0.1) is 25.1 Å². The Balaban J connectivity index is 3.15. The Bertz CT molecular complexity index is 995. The van der Waals surface area contributed by atoms with E-state index in [0.717, 1.165) is 48.0 Å². The number of thioether (sulfide) groups is 1. The molecule has 0 amide bonds. The molecule has 6 nitrogen and oxygen atoms in total. The average Bonchev–Trinajstić information content (AvgIpc) is 2.89. The summed E-state index contributed by atoms with van der Waals surface area (Å²) in [5.41, 5.74) is 1.75. The molecule has 0 aromatic rings. The summed E-state index contributed by atoms with van der Waals surface area (Å²) < 4.78 is 11.9. The number of aliphatic hydroxyl groups excluding tert-OH is 1. The average molecular weight is 558 g/mol. The SMILES string of the molecule is C/C=C\C=C(/C=NC/C=C(\O)C(C)(C)C)SC(C)/C(C)=C1/C=C(OCCN(CC)CCC)\C(OC)=C/CC=N1. The number of aliphatic imine (C=N–C) groups is 2. The van der Waals surface area contributed by atoms with Crippen molar-refractivity contribution in [3.8, 4) is 0 Å². The van der Waals surface area contributed by atoms with Crippen LogP contribution in [-0.4, -0.2) is 67.6 Å². The second kappa shape index (κ2) is 18.7. The molecule has 0 fully saturated rings. The van der Waals surface area contributed by atoms with E-state index in [4.69, 9.17) is 14.5 Å². The van der Waals surface area contributed by atoms with Gasteiger partial charge in [0.15, 0.2) is 11.5 Å². The lowest BCUT2D eigenvalue weighted by Crippen LogP contribution is -2.28. The van der Waals surface area contributed by atoms with Gasteiger partial charge in [0.2, 0.25) is 0 Å². The van der Waals surface area contributed by atoms with Crippen molar-refractivity contribution in [1.82, 2.24) is 4.90 Å². The van der Waals surface area contributed by atoms with E-state index in [1.54, 1.807) is 24.9 Å². The van der Waals surface area contributed by atoms with Crippen molar-refractivity contribution >= 4 is 24.2 Å². The van der Waals surface area contributed by atoms with E-state index in [2.05, 4.69) is 43.7 Å². The number of ether oxygens (including phenoxy) is 2. The molecule has 0 aromatic carbocycles. The molecule has 0 radical (unpaired) electrons. The molecule has 1 unspecified atom stereocenters. The molecule has 0 spiro atoms. The van der Waals surface area contributed by atoms with Crippen LogP contribution in [0.4, 0.5) is 0 Å². The van der Waals surface area contributed by atoms with Crippen molar-refractivity contribution in [1.29, 1.82) is 0 Å². The number of aliphatic hydroxyl groups is 1. The van der Waals surface area contributed by atoms with E-state index in [1.165, 1.54) is 0 Å². The van der Waals surface area contributed by atoms with Gasteiger partial charge in [-0.25, -0.2) is 0 Å². The van der Waals surface area contributed by atoms with Gasteiger partial charge in [-0.1, -0.05) is 46.8 Å². The van der Waals surface area contributed by atoms with E-state index >= 15 is 0 Å². The highest BCUT2D eigenvalue weighted by Gasteiger charge is 2.17. The first kappa shape index (κ1) is 34.5. The highest BCUT2D eigenvalue weighted by molar-refractivity contribution is 8.04. The quantitative estimate of drug-likeness (QED) is 0.125. The van der Waals surface area contributed by atoms with Crippen molar-refractivity contribution < 1.29 is 14.6 Å². The number of allylic oxidation sites excluding steroid dienone is 7. The van der Waals surface area contributed by atoms with Crippen LogP contribution < -0.4 is 0 Å². The summed E-state index contributed by atoms with van der Waals surface area (Å²) in [4.78, 5) is 12.7. The number of hydrogen-bond donors (Lipinski definition) is 1. The molecule has 1 aliphatic heterocycles. The Morgan fingerprint density at radius 3 is 2.62 bits per heavy atom. The van der Waals surface area contributed by atoms with E-state index in [-0.39, 0.29) is 10.7 Å². The number of rotatable bonds is 15. The van der Waals surface area contributed by atoms with Gasteiger partial charge in [-0.15, -0.1) is 11.8 Å². The molecule has 0 saturated heterocycles. The minimum absolute atomic E-state index is 0.144. The molecule has 1 N–H and O–H groups in total. The lowest BCUT2D eigenvalue weighted by molar-refractivity contribution is 0.142. The fourth-order valence-corrected chi connectivity index (χ4v) is 4.58. The Labute approximate surface area is 242 Å². The smallest absolute Gasteiger partial charge is 0.163 e. The molecule has 1 atom stereocenters. The summed E-state index contributed by atoms with van der Waals surface area (Å²) in [6.07, 6.45) is 17.4. The second-order valence-corrected chi connectivity index (χ2v) is 11.8. The molecular formula is C32H51N3O3S. The van der Waals surface area contributed by atoms with Gasteiger partial charge in [-0.2, -0.15) is 0 Å². The van der Waals surface area contributed by atoms with Crippen molar-refractivity contribution in [2.45, 2.75) is 73.5 Å². The maximum absolute atomic E-state index is 10.2. The lowest BCUT2D eigenvalue weighted by atomic mass is 9.94. The van der Waals surface area contributed by atoms with Crippen LogP contribution in [0.5, 0.6) is 0 Å². The summed E-state index contributed by atoms with van der Waals surface area (Å²) in [6.45, 7) is 20.6. The summed E-state index contributed by atoms with van der Waals surface area (Å²) in [6, 6.07) is 0. The lowest BCUT2D eigenvalue weighted by Gasteiger charge is -2.21. The van der Waals surface area contributed by atoms with E-state index in [0.29, 0.717) is 31.1 Å². The van der Waals surface area contributed by atoms with Gasteiger partial charge in [-0.3, -0.25) is 9.98 Å². The van der Waals surface area contributed by atoms with Gasteiger partial charge >= 0.3 is 0 Å². The van der Waals surface area contributed by atoms with Gasteiger partial charge in [-0.05, 0) is 64.1 Å². The number of hydrogen-bond acceptors (Lipinski definition) is 7. The molecular weight excluding hydrogens is 506 g/mol. The van der Waals surface area contributed by atoms with Crippen LogP contribution >= 0.6 is 11.8 Å². The van der Waals surface area contributed by atoms with Crippen LogP contribution in [0.3, 0.4) is 0 Å². The normalized spacial score (nSPS) is 20.5. The molecule has 218 valence electrons. The fraction of sp³-hybridized carbons (Fsp3) is 0.562. The second-order valence-electron chi connectivity index (χ2n) is 10.4. The zero-order valence-corrected chi connectivity index (χ0v) is 26.5. The van der Waals surface area contributed by atoms with E-state index < -0.39 is 0 Å². The predicted octanol–water partition coefficient (Wildman–Crippen LogP) is 8.04. The standard InChI is InChI=1S/C32H51N3O3S/c1-10-13-15-27(24-33-19-17-31(36)32(6,7)8)39-26(5)25(4)28-23-30(29(37-9)16-14-18-34-28)38-22-21-35(12-3)20-11-2/h10,13,15-18,23-24,26,36H,11-12,14,19-22H2,1-9H3/b13-10-,27-15+,28-25-,29-16+,30-23+,31-17-,33-24?,34-18?. The van der Waals surface area contributed by atoms with Crippen LogP contribution in [0, 0.1) is 5.41 Å². The highest BCUT2D eigenvalue weighted by atomic mass is 32.2. The molecule has 0 bridgehead atoms. The number of methoxy groups -OCH3 is 1. The Morgan fingerprint density at radius 1 is 1.26 bits per heavy atom. The molecule has 0 saturated carbocycles. The van der Waals surface area contributed by atoms with Crippen molar-refractivity contribution in [2.75, 3.05) is 39.9 Å². The molecule has 1 heterocycles. The Morgan fingerprint density at radius 2 is 2.00 bits per heavy atom. The number of likely N-dealkylation sites (N-methyl/N-ethyl adjacent to an activating group) is 1. The van der Waals surface area contributed by atoms with Crippen LogP contribution in [-0.2, 0) is 9.47 Å². The third kappa shape index (κ3) is 13.4. The van der Waals surface area contributed by atoms with Gasteiger partial charge in [0.25, 0.3) is 0 Å². The highest BCUT2D eigenvalue weighted by Crippen LogP contribution is 2.30. The number of nitrogens with zero attached hydrogens (tertiary/aromatic N) is 3. The first-order valence-electron chi connectivity index (χ1n) is 14.0. The largest absolute Gasteiger partial charge is 0.512 e. The molecule has 39 heavy (non-hydrogen) atoms. The third-order valence-electron chi connectivity index (χ3n) is 6.18. The molecule has 0 aliphatic carbocycles. The fourth-order valence-electron chi connectivity index (χ4n) is 3.58.